The van der Waals surface area contributed by atoms with E-state index >= 15 is 0 Å². The van der Waals surface area contributed by atoms with Gasteiger partial charge in [-0.1, -0.05) is 6.42 Å². The number of rotatable bonds is 3. The van der Waals surface area contributed by atoms with E-state index in [0.29, 0.717) is 11.5 Å². The monoisotopic (exact) mass is 219 g/mol. The maximum atomic E-state index is 11.8. The van der Waals surface area contributed by atoms with Crippen LogP contribution in [0.5, 0.6) is 5.75 Å². The lowest BCUT2D eigenvalue weighted by atomic mass is 9.85. The van der Waals surface area contributed by atoms with E-state index in [1.54, 1.807) is 25.1 Å². The number of phenolic OH excluding ortho intramolecular Hbond substituents is 1. The first-order chi connectivity index (χ1) is 7.66. The summed E-state index contributed by atoms with van der Waals surface area (Å²) < 4.78 is 0. The van der Waals surface area contributed by atoms with Gasteiger partial charge in [0.2, 0.25) is 0 Å². The number of hydrogen-bond donors (Lipinski definition) is 2. The van der Waals surface area contributed by atoms with Gasteiger partial charge >= 0.3 is 0 Å². The van der Waals surface area contributed by atoms with Gasteiger partial charge < -0.3 is 10.4 Å². The molecule has 1 aromatic carbocycles. The van der Waals surface area contributed by atoms with Crippen LogP contribution in [0.15, 0.2) is 18.2 Å². The van der Waals surface area contributed by atoms with Crippen LogP contribution in [0.2, 0.25) is 0 Å². The van der Waals surface area contributed by atoms with Crippen LogP contribution in [0.1, 0.15) is 35.2 Å². The van der Waals surface area contributed by atoms with Gasteiger partial charge in [0.15, 0.2) is 0 Å². The maximum Gasteiger partial charge on any atom is 0.251 e. The summed E-state index contributed by atoms with van der Waals surface area (Å²) in [5, 5.41) is 12.3. The molecule has 2 N–H and O–H groups in total. The summed E-state index contributed by atoms with van der Waals surface area (Å²) in [6.07, 6.45) is 3.75. The molecule has 1 fully saturated rings. The number of carbonyl (C=O) groups excluding carboxylic acids is 1. The van der Waals surface area contributed by atoms with Gasteiger partial charge in [0.25, 0.3) is 5.91 Å². The van der Waals surface area contributed by atoms with Crippen LogP contribution in [0.4, 0.5) is 0 Å². The number of hydrogen-bond acceptors (Lipinski definition) is 2. The summed E-state index contributed by atoms with van der Waals surface area (Å²) in [4.78, 5) is 11.8. The van der Waals surface area contributed by atoms with Crippen molar-refractivity contribution in [1.82, 2.24) is 5.32 Å². The lowest BCUT2D eigenvalue weighted by Gasteiger charge is -2.25. The van der Waals surface area contributed by atoms with E-state index in [1.807, 2.05) is 0 Å². The number of aromatic hydroxyl groups is 1. The Balaban J connectivity index is 1.94. The third-order valence-electron chi connectivity index (χ3n) is 3.24. The summed E-state index contributed by atoms with van der Waals surface area (Å²) in [7, 11) is 0. The van der Waals surface area contributed by atoms with Crippen molar-refractivity contribution >= 4 is 5.91 Å². The van der Waals surface area contributed by atoms with Crippen LogP contribution in [0, 0.1) is 12.8 Å². The Morgan fingerprint density at radius 1 is 1.50 bits per heavy atom. The van der Waals surface area contributed by atoms with E-state index in [9.17, 15) is 9.90 Å². The van der Waals surface area contributed by atoms with E-state index < -0.39 is 0 Å². The van der Waals surface area contributed by atoms with Gasteiger partial charge in [0, 0.05) is 12.1 Å². The summed E-state index contributed by atoms with van der Waals surface area (Å²) >= 11 is 0. The molecule has 1 saturated carbocycles. The van der Waals surface area contributed by atoms with Crippen molar-refractivity contribution < 1.29 is 9.90 Å². The minimum Gasteiger partial charge on any atom is -0.508 e. The third kappa shape index (κ3) is 2.35. The first kappa shape index (κ1) is 11.0. The molecule has 1 amide bonds. The first-order valence-electron chi connectivity index (χ1n) is 5.74. The molecule has 1 aliphatic carbocycles. The van der Waals surface area contributed by atoms with Crippen molar-refractivity contribution in [2.45, 2.75) is 26.2 Å². The molecule has 0 heterocycles. The second-order valence-corrected chi connectivity index (χ2v) is 4.51. The van der Waals surface area contributed by atoms with E-state index in [0.717, 1.165) is 12.1 Å². The Hall–Kier alpha value is -1.51. The normalized spacial score (nSPS) is 15.6. The lowest BCUT2D eigenvalue weighted by molar-refractivity contribution is 0.0939. The number of carbonyl (C=O) groups is 1. The molecule has 0 unspecified atom stereocenters. The van der Waals surface area contributed by atoms with Gasteiger partial charge in [0.05, 0.1) is 0 Å². The highest BCUT2D eigenvalue weighted by atomic mass is 16.3. The molecule has 3 nitrogen and oxygen atoms in total. The maximum absolute atomic E-state index is 11.8. The van der Waals surface area contributed by atoms with Gasteiger partial charge in [-0.25, -0.2) is 0 Å². The number of phenols is 1. The third-order valence-corrected chi connectivity index (χ3v) is 3.24. The molecule has 2 rings (SSSR count). The second-order valence-electron chi connectivity index (χ2n) is 4.51. The first-order valence-corrected chi connectivity index (χ1v) is 5.74. The Labute approximate surface area is 95.5 Å². The zero-order valence-corrected chi connectivity index (χ0v) is 9.49. The van der Waals surface area contributed by atoms with Gasteiger partial charge in [-0.05, 0) is 49.4 Å². The minimum absolute atomic E-state index is 0.0463. The van der Waals surface area contributed by atoms with Crippen molar-refractivity contribution in [3.8, 4) is 5.75 Å². The Morgan fingerprint density at radius 2 is 2.25 bits per heavy atom. The predicted molar refractivity (Wildman–Crippen MR) is 62.5 cm³/mol. The average molecular weight is 219 g/mol. The number of amides is 1. The standard InChI is InChI=1S/C13H17NO2/c1-9-7-11(5-6-12(9)15)13(16)14-8-10-3-2-4-10/h5-7,10,15H,2-4,8H2,1H3,(H,14,16). The number of nitrogens with one attached hydrogen (secondary N) is 1. The van der Waals surface area contributed by atoms with E-state index in [2.05, 4.69) is 5.32 Å². The van der Waals surface area contributed by atoms with Crippen molar-refractivity contribution in [3.05, 3.63) is 29.3 Å². The highest BCUT2D eigenvalue weighted by Crippen LogP contribution is 2.25. The zero-order chi connectivity index (χ0) is 11.5. The van der Waals surface area contributed by atoms with Crippen LogP contribution < -0.4 is 5.32 Å². The average Bonchev–Trinajstić information content (AvgIpc) is 2.19. The van der Waals surface area contributed by atoms with E-state index in [-0.39, 0.29) is 11.7 Å². The molecule has 0 radical (unpaired) electrons. The summed E-state index contributed by atoms with van der Waals surface area (Å²) in [5.74, 6) is 0.854. The van der Waals surface area contributed by atoms with Gasteiger partial charge in [-0.2, -0.15) is 0 Å². The Morgan fingerprint density at radius 3 is 2.81 bits per heavy atom. The molecule has 0 aliphatic heterocycles. The van der Waals surface area contributed by atoms with Crippen LogP contribution in [-0.4, -0.2) is 17.6 Å². The fraction of sp³-hybridized carbons (Fsp3) is 0.462. The molecular weight excluding hydrogens is 202 g/mol. The molecule has 1 aromatic rings. The molecule has 0 bridgehead atoms. The molecule has 0 atom stereocenters. The quantitative estimate of drug-likeness (QED) is 0.819. The van der Waals surface area contributed by atoms with Gasteiger partial charge in [0.1, 0.15) is 5.75 Å². The summed E-state index contributed by atoms with van der Waals surface area (Å²) in [6.45, 7) is 2.57. The van der Waals surface area contributed by atoms with Crippen molar-refractivity contribution in [2.24, 2.45) is 5.92 Å². The molecule has 0 aromatic heterocycles. The van der Waals surface area contributed by atoms with Crippen LogP contribution in [-0.2, 0) is 0 Å². The Kier molecular flexibility index (Phi) is 3.13. The molecule has 0 saturated heterocycles. The molecule has 86 valence electrons. The van der Waals surface area contributed by atoms with Crippen molar-refractivity contribution in [2.75, 3.05) is 6.54 Å². The smallest absolute Gasteiger partial charge is 0.251 e. The highest BCUT2D eigenvalue weighted by molar-refractivity contribution is 5.94. The van der Waals surface area contributed by atoms with E-state index in [4.69, 9.17) is 0 Å². The minimum atomic E-state index is -0.0463. The second kappa shape index (κ2) is 4.56. The molecular formula is C13H17NO2. The van der Waals surface area contributed by atoms with Crippen molar-refractivity contribution in [1.29, 1.82) is 0 Å². The number of aryl methyl sites for hydroxylation is 1. The van der Waals surface area contributed by atoms with Crippen molar-refractivity contribution in [3.63, 3.8) is 0 Å². The summed E-state index contributed by atoms with van der Waals surface area (Å²) in [5.41, 5.74) is 1.35. The Bertz CT molecular complexity index is 397. The topological polar surface area (TPSA) is 49.3 Å². The fourth-order valence-corrected chi connectivity index (χ4v) is 1.83. The van der Waals surface area contributed by atoms with Crippen LogP contribution >= 0.6 is 0 Å². The molecule has 1 aliphatic rings. The van der Waals surface area contributed by atoms with Crippen LogP contribution in [0.3, 0.4) is 0 Å². The van der Waals surface area contributed by atoms with Crippen LogP contribution in [0.25, 0.3) is 0 Å². The summed E-state index contributed by atoms with van der Waals surface area (Å²) in [6, 6.07) is 4.93. The SMILES string of the molecule is Cc1cc(C(=O)NCC2CCC2)ccc1O. The molecule has 16 heavy (non-hydrogen) atoms. The predicted octanol–water partition coefficient (Wildman–Crippen LogP) is 2.23. The van der Waals surface area contributed by atoms with Gasteiger partial charge in [-0.15, -0.1) is 0 Å². The van der Waals surface area contributed by atoms with E-state index in [1.165, 1.54) is 19.3 Å². The molecule has 0 spiro atoms. The highest BCUT2D eigenvalue weighted by Gasteiger charge is 2.18. The van der Waals surface area contributed by atoms with Gasteiger partial charge in [-0.3, -0.25) is 4.79 Å². The number of benzene rings is 1. The lowest BCUT2D eigenvalue weighted by Crippen LogP contribution is -2.32. The zero-order valence-electron chi connectivity index (χ0n) is 9.49. The molecule has 3 heteroatoms. The largest absolute Gasteiger partial charge is 0.508 e. The fourth-order valence-electron chi connectivity index (χ4n) is 1.83.